The van der Waals surface area contributed by atoms with E-state index in [9.17, 15) is 9.59 Å². The van der Waals surface area contributed by atoms with Crippen molar-refractivity contribution in [3.05, 3.63) is 53.6 Å². The Morgan fingerprint density at radius 3 is 2.60 bits per heavy atom. The molecule has 2 amide bonds. The molecule has 0 aromatic heterocycles. The van der Waals surface area contributed by atoms with Gasteiger partial charge in [-0.2, -0.15) is 0 Å². The van der Waals surface area contributed by atoms with Gasteiger partial charge in [-0.15, -0.1) is 0 Å². The third-order valence-corrected chi connectivity index (χ3v) is 4.95. The van der Waals surface area contributed by atoms with Crippen molar-refractivity contribution in [2.24, 2.45) is 0 Å². The third kappa shape index (κ3) is 5.43. The van der Waals surface area contributed by atoms with E-state index >= 15 is 0 Å². The minimum Gasteiger partial charge on any atom is -0.497 e. The SMILES string of the molecule is CCN(Cc1cccc2c1OCCO2)C(=O)CCCNC(=O)c1ccc(OC)cc1. The summed E-state index contributed by atoms with van der Waals surface area (Å²) in [4.78, 5) is 26.6. The number of methoxy groups -OCH3 is 1. The number of carbonyl (C=O) groups excluding carboxylic acids is 2. The van der Waals surface area contributed by atoms with Gasteiger partial charge in [0.2, 0.25) is 5.91 Å². The summed E-state index contributed by atoms with van der Waals surface area (Å²) >= 11 is 0. The van der Waals surface area contributed by atoms with Crippen molar-refractivity contribution in [1.82, 2.24) is 10.2 Å². The predicted octanol–water partition coefficient (Wildman–Crippen LogP) is 3.03. The molecule has 2 aromatic carbocycles. The lowest BCUT2D eigenvalue weighted by atomic mass is 10.1. The van der Waals surface area contributed by atoms with E-state index in [0.29, 0.717) is 57.0 Å². The van der Waals surface area contributed by atoms with Gasteiger partial charge in [0.15, 0.2) is 11.5 Å². The lowest BCUT2D eigenvalue weighted by molar-refractivity contribution is -0.131. The van der Waals surface area contributed by atoms with Crippen LogP contribution in [-0.4, -0.2) is 50.1 Å². The number of ether oxygens (including phenoxy) is 3. The fourth-order valence-electron chi connectivity index (χ4n) is 3.28. The van der Waals surface area contributed by atoms with Gasteiger partial charge in [-0.25, -0.2) is 0 Å². The average molecular weight is 412 g/mol. The molecule has 1 heterocycles. The smallest absolute Gasteiger partial charge is 0.251 e. The molecule has 0 bridgehead atoms. The normalized spacial score (nSPS) is 12.2. The van der Waals surface area contributed by atoms with Crippen molar-refractivity contribution >= 4 is 11.8 Å². The van der Waals surface area contributed by atoms with Crippen LogP contribution in [0.1, 0.15) is 35.7 Å². The van der Waals surface area contributed by atoms with Gasteiger partial charge >= 0.3 is 0 Å². The minimum absolute atomic E-state index is 0.0468. The van der Waals surface area contributed by atoms with Crippen LogP contribution in [0.15, 0.2) is 42.5 Å². The minimum atomic E-state index is -0.162. The van der Waals surface area contributed by atoms with Crippen molar-refractivity contribution in [2.45, 2.75) is 26.3 Å². The number of nitrogens with zero attached hydrogens (tertiary/aromatic N) is 1. The molecule has 0 aliphatic carbocycles. The lowest BCUT2D eigenvalue weighted by Crippen LogP contribution is -2.32. The molecule has 0 fully saturated rings. The first kappa shape index (κ1) is 21.5. The van der Waals surface area contributed by atoms with E-state index in [4.69, 9.17) is 14.2 Å². The second-order valence-electron chi connectivity index (χ2n) is 6.94. The Labute approximate surface area is 176 Å². The summed E-state index contributed by atoms with van der Waals surface area (Å²) in [5.74, 6) is 2.04. The molecular formula is C23H28N2O5. The second-order valence-corrected chi connectivity index (χ2v) is 6.94. The van der Waals surface area contributed by atoms with Crippen LogP contribution in [0.5, 0.6) is 17.2 Å². The molecule has 1 N–H and O–H groups in total. The van der Waals surface area contributed by atoms with Gasteiger partial charge in [-0.05, 0) is 43.7 Å². The summed E-state index contributed by atoms with van der Waals surface area (Å²) in [6.45, 7) is 4.51. The summed E-state index contributed by atoms with van der Waals surface area (Å²) in [6.07, 6.45) is 0.937. The summed E-state index contributed by atoms with van der Waals surface area (Å²) < 4.78 is 16.4. The summed E-state index contributed by atoms with van der Waals surface area (Å²) in [6, 6.07) is 12.7. The number of benzene rings is 2. The van der Waals surface area contributed by atoms with Crippen LogP contribution in [0.4, 0.5) is 0 Å². The first-order valence-corrected chi connectivity index (χ1v) is 10.2. The zero-order chi connectivity index (χ0) is 21.3. The number of hydrogen-bond donors (Lipinski definition) is 1. The number of fused-ring (bicyclic) bond motifs is 1. The molecule has 1 aliphatic rings. The van der Waals surface area contributed by atoms with Crippen molar-refractivity contribution < 1.29 is 23.8 Å². The molecule has 0 atom stereocenters. The van der Waals surface area contributed by atoms with E-state index in [-0.39, 0.29) is 11.8 Å². The van der Waals surface area contributed by atoms with Crippen LogP contribution in [0.2, 0.25) is 0 Å². The molecule has 0 spiro atoms. The Kier molecular flexibility index (Phi) is 7.54. The first-order valence-electron chi connectivity index (χ1n) is 10.2. The largest absolute Gasteiger partial charge is 0.497 e. The van der Waals surface area contributed by atoms with Gasteiger partial charge in [0, 0.05) is 37.2 Å². The number of carbonyl (C=O) groups is 2. The maximum atomic E-state index is 12.7. The molecule has 7 heteroatoms. The first-order chi connectivity index (χ1) is 14.6. The Morgan fingerprint density at radius 1 is 1.10 bits per heavy atom. The molecule has 1 aliphatic heterocycles. The van der Waals surface area contributed by atoms with Crippen molar-refractivity contribution in [3.8, 4) is 17.2 Å². The fraction of sp³-hybridized carbons (Fsp3) is 0.391. The monoisotopic (exact) mass is 412 g/mol. The lowest BCUT2D eigenvalue weighted by Gasteiger charge is -2.25. The molecule has 2 aromatic rings. The summed E-state index contributed by atoms with van der Waals surface area (Å²) in [5.41, 5.74) is 1.50. The molecule has 30 heavy (non-hydrogen) atoms. The van der Waals surface area contributed by atoms with Gasteiger partial charge in [-0.3, -0.25) is 9.59 Å². The molecule has 160 valence electrons. The predicted molar refractivity (Wildman–Crippen MR) is 113 cm³/mol. The van der Waals surface area contributed by atoms with E-state index in [1.807, 2.05) is 25.1 Å². The molecule has 3 rings (SSSR count). The highest BCUT2D eigenvalue weighted by Gasteiger charge is 2.19. The van der Waals surface area contributed by atoms with E-state index < -0.39 is 0 Å². The van der Waals surface area contributed by atoms with Crippen LogP contribution >= 0.6 is 0 Å². The molecule has 7 nitrogen and oxygen atoms in total. The number of amides is 2. The van der Waals surface area contributed by atoms with Crippen LogP contribution in [0.25, 0.3) is 0 Å². The number of rotatable bonds is 9. The van der Waals surface area contributed by atoms with E-state index in [2.05, 4.69) is 5.32 Å². The third-order valence-electron chi connectivity index (χ3n) is 4.95. The highest BCUT2D eigenvalue weighted by molar-refractivity contribution is 5.94. The van der Waals surface area contributed by atoms with Crippen molar-refractivity contribution in [2.75, 3.05) is 33.4 Å². The second kappa shape index (κ2) is 10.5. The van der Waals surface area contributed by atoms with Gasteiger partial charge in [-0.1, -0.05) is 12.1 Å². The van der Waals surface area contributed by atoms with E-state index in [1.165, 1.54) is 0 Å². The number of nitrogens with one attached hydrogen (secondary N) is 1. The van der Waals surface area contributed by atoms with Crippen molar-refractivity contribution in [3.63, 3.8) is 0 Å². The molecule has 0 saturated carbocycles. The van der Waals surface area contributed by atoms with Gasteiger partial charge in [0.1, 0.15) is 19.0 Å². The summed E-state index contributed by atoms with van der Waals surface area (Å²) in [5, 5.41) is 2.85. The van der Waals surface area contributed by atoms with E-state index in [0.717, 1.165) is 17.1 Å². The highest BCUT2D eigenvalue weighted by Crippen LogP contribution is 2.34. The average Bonchev–Trinajstić information content (AvgIpc) is 2.80. The van der Waals surface area contributed by atoms with Gasteiger partial charge in [0.05, 0.1) is 7.11 Å². The maximum absolute atomic E-state index is 12.7. The maximum Gasteiger partial charge on any atom is 0.251 e. The molecule has 0 radical (unpaired) electrons. The Morgan fingerprint density at radius 2 is 1.87 bits per heavy atom. The Balaban J connectivity index is 1.47. The standard InChI is InChI=1S/C23H28N2O5/c1-3-25(16-18-6-4-7-20-22(18)30-15-14-29-20)21(26)8-5-13-24-23(27)17-9-11-19(28-2)12-10-17/h4,6-7,9-12H,3,5,8,13-16H2,1-2H3,(H,24,27). The number of hydrogen-bond acceptors (Lipinski definition) is 5. The van der Waals surface area contributed by atoms with Crippen LogP contribution < -0.4 is 19.5 Å². The van der Waals surface area contributed by atoms with Crippen LogP contribution in [0, 0.1) is 0 Å². The van der Waals surface area contributed by atoms with E-state index in [1.54, 1.807) is 36.3 Å². The Bertz CT molecular complexity index is 866. The topological polar surface area (TPSA) is 77.1 Å². The molecule has 0 unspecified atom stereocenters. The highest BCUT2D eigenvalue weighted by atomic mass is 16.6. The Hall–Kier alpha value is -3.22. The van der Waals surface area contributed by atoms with Gasteiger partial charge in [0.25, 0.3) is 5.91 Å². The zero-order valence-corrected chi connectivity index (χ0v) is 17.5. The molecule has 0 saturated heterocycles. The van der Waals surface area contributed by atoms with Crippen molar-refractivity contribution in [1.29, 1.82) is 0 Å². The number of para-hydroxylation sites is 1. The molecular weight excluding hydrogens is 384 g/mol. The van der Waals surface area contributed by atoms with Crippen LogP contribution in [-0.2, 0) is 11.3 Å². The van der Waals surface area contributed by atoms with Gasteiger partial charge < -0.3 is 24.4 Å². The fourth-order valence-corrected chi connectivity index (χ4v) is 3.28. The summed E-state index contributed by atoms with van der Waals surface area (Å²) in [7, 11) is 1.58. The van der Waals surface area contributed by atoms with Crippen LogP contribution in [0.3, 0.4) is 0 Å². The zero-order valence-electron chi connectivity index (χ0n) is 17.5. The quantitative estimate of drug-likeness (QED) is 0.641.